The summed E-state index contributed by atoms with van der Waals surface area (Å²) in [4.78, 5) is 11.4. The molecule has 0 saturated heterocycles. The Balaban J connectivity index is 3.07. The van der Waals surface area contributed by atoms with E-state index in [1.807, 2.05) is 6.92 Å². The van der Waals surface area contributed by atoms with Crippen LogP contribution in [0.25, 0.3) is 0 Å². The minimum absolute atomic E-state index is 0.166. The predicted octanol–water partition coefficient (Wildman–Crippen LogP) is 0.294. The molecule has 0 radical (unpaired) electrons. The first-order valence-electron chi connectivity index (χ1n) is 4.01. The molecule has 4 heteroatoms. The van der Waals surface area contributed by atoms with E-state index in [1.54, 1.807) is 12.3 Å². The maximum absolute atomic E-state index is 11.4. The molecule has 1 heterocycles. The van der Waals surface area contributed by atoms with Crippen LogP contribution in [0.5, 0.6) is 0 Å². The Hall–Kier alpha value is -1.13. The highest BCUT2D eigenvalue weighted by Crippen LogP contribution is 2.02. The van der Waals surface area contributed by atoms with Gasteiger partial charge in [-0.15, -0.1) is 0 Å². The first-order valence-corrected chi connectivity index (χ1v) is 4.01. The molecular weight excluding hydrogens is 170 g/mol. The summed E-state index contributed by atoms with van der Waals surface area (Å²) >= 11 is 0. The molecular formula is C9H13NO3. The number of methoxy groups -OCH3 is 1. The Labute approximate surface area is 76.4 Å². The maximum Gasteiger partial charge on any atom is 0.252 e. The summed E-state index contributed by atoms with van der Waals surface area (Å²) in [6, 6.07) is 3.30. The van der Waals surface area contributed by atoms with Crippen LogP contribution in [0.1, 0.15) is 11.8 Å². The normalized spacial score (nSPS) is 12.8. The van der Waals surface area contributed by atoms with Crippen LogP contribution in [0.15, 0.2) is 23.1 Å². The summed E-state index contributed by atoms with van der Waals surface area (Å²) in [5, 5.41) is 8.89. The van der Waals surface area contributed by atoms with Gasteiger partial charge in [-0.25, -0.2) is 0 Å². The second kappa shape index (κ2) is 4.20. The van der Waals surface area contributed by atoms with Gasteiger partial charge in [-0.05, 0) is 18.6 Å². The van der Waals surface area contributed by atoms with Crippen molar-refractivity contribution < 1.29 is 9.84 Å². The molecule has 0 aromatic carbocycles. The number of rotatable bonds is 3. The average Bonchev–Trinajstić information content (AvgIpc) is 2.10. The van der Waals surface area contributed by atoms with Crippen LogP contribution < -0.4 is 5.56 Å². The van der Waals surface area contributed by atoms with Crippen molar-refractivity contribution >= 4 is 0 Å². The van der Waals surface area contributed by atoms with E-state index in [0.29, 0.717) is 0 Å². The predicted molar refractivity (Wildman–Crippen MR) is 48.6 cm³/mol. The molecule has 0 spiro atoms. The lowest BCUT2D eigenvalue weighted by Gasteiger charge is -2.15. The second-order valence-electron chi connectivity index (χ2n) is 2.82. The van der Waals surface area contributed by atoms with Gasteiger partial charge in [0.1, 0.15) is 0 Å². The minimum atomic E-state index is -0.590. The Bertz CT molecular complexity index is 328. The third-order valence-electron chi connectivity index (χ3n) is 1.84. The molecule has 0 saturated carbocycles. The van der Waals surface area contributed by atoms with Crippen molar-refractivity contribution in [3.05, 3.63) is 34.2 Å². The maximum atomic E-state index is 11.4. The molecule has 1 aromatic heterocycles. The Morgan fingerprint density at radius 3 is 2.85 bits per heavy atom. The van der Waals surface area contributed by atoms with E-state index in [1.165, 1.54) is 17.7 Å². The van der Waals surface area contributed by atoms with Gasteiger partial charge in [-0.1, -0.05) is 0 Å². The molecule has 1 unspecified atom stereocenters. The lowest BCUT2D eigenvalue weighted by atomic mass is 10.3. The minimum Gasteiger partial charge on any atom is -0.392 e. The quantitative estimate of drug-likeness (QED) is 0.733. The monoisotopic (exact) mass is 183 g/mol. The lowest BCUT2D eigenvalue weighted by Crippen LogP contribution is -2.27. The Morgan fingerprint density at radius 2 is 2.38 bits per heavy atom. The van der Waals surface area contributed by atoms with Crippen molar-refractivity contribution in [1.82, 2.24) is 4.57 Å². The van der Waals surface area contributed by atoms with Crippen LogP contribution in [0, 0.1) is 6.92 Å². The van der Waals surface area contributed by atoms with Gasteiger partial charge in [0.15, 0.2) is 6.23 Å². The van der Waals surface area contributed by atoms with Gasteiger partial charge in [-0.3, -0.25) is 9.36 Å². The van der Waals surface area contributed by atoms with E-state index in [9.17, 15) is 4.79 Å². The molecule has 0 aliphatic rings. The summed E-state index contributed by atoms with van der Waals surface area (Å²) < 4.78 is 6.27. The standard InChI is InChI=1S/C9H13NO3/c1-7-3-4-10(8(12)5-7)9(6-11)13-2/h3-5,9,11H,6H2,1-2H3. The number of ether oxygens (including phenoxy) is 1. The van der Waals surface area contributed by atoms with Crippen LogP contribution in [0.4, 0.5) is 0 Å². The summed E-state index contributed by atoms with van der Waals surface area (Å²) in [7, 11) is 1.45. The molecule has 0 bridgehead atoms. The second-order valence-corrected chi connectivity index (χ2v) is 2.82. The van der Waals surface area contributed by atoms with Crippen LogP contribution in [0.3, 0.4) is 0 Å². The van der Waals surface area contributed by atoms with E-state index in [2.05, 4.69) is 0 Å². The Morgan fingerprint density at radius 1 is 1.69 bits per heavy atom. The number of aliphatic hydroxyl groups excluding tert-OH is 1. The zero-order chi connectivity index (χ0) is 9.84. The highest BCUT2D eigenvalue weighted by atomic mass is 16.5. The summed E-state index contributed by atoms with van der Waals surface area (Å²) in [6.45, 7) is 1.63. The van der Waals surface area contributed by atoms with Gasteiger partial charge in [0.05, 0.1) is 6.61 Å². The number of hydrogen-bond donors (Lipinski definition) is 1. The molecule has 4 nitrogen and oxygen atoms in total. The zero-order valence-electron chi connectivity index (χ0n) is 7.73. The van der Waals surface area contributed by atoms with Crippen LogP contribution in [-0.4, -0.2) is 23.4 Å². The van der Waals surface area contributed by atoms with Gasteiger partial charge in [0.2, 0.25) is 0 Å². The Kier molecular flexibility index (Phi) is 3.22. The summed E-state index contributed by atoms with van der Waals surface area (Å²) in [5.41, 5.74) is 0.731. The molecule has 0 fully saturated rings. The van der Waals surface area contributed by atoms with Crippen LogP contribution in [0.2, 0.25) is 0 Å². The first kappa shape index (κ1) is 9.95. The van der Waals surface area contributed by atoms with Gasteiger partial charge in [0, 0.05) is 19.4 Å². The van der Waals surface area contributed by atoms with Gasteiger partial charge < -0.3 is 9.84 Å². The smallest absolute Gasteiger partial charge is 0.252 e. The molecule has 1 aromatic rings. The topological polar surface area (TPSA) is 51.5 Å². The van der Waals surface area contributed by atoms with E-state index in [-0.39, 0.29) is 12.2 Å². The van der Waals surface area contributed by atoms with Gasteiger partial charge in [0.25, 0.3) is 5.56 Å². The molecule has 0 aliphatic heterocycles. The largest absolute Gasteiger partial charge is 0.392 e. The molecule has 13 heavy (non-hydrogen) atoms. The third-order valence-corrected chi connectivity index (χ3v) is 1.84. The number of nitrogens with zero attached hydrogens (tertiary/aromatic N) is 1. The average molecular weight is 183 g/mol. The van der Waals surface area contributed by atoms with Gasteiger partial charge >= 0.3 is 0 Å². The van der Waals surface area contributed by atoms with Crippen molar-refractivity contribution in [1.29, 1.82) is 0 Å². The van der Waals surface area contributed by atoms with Crippen LogP contribution >= 0.6 is 0 Å². The van der Waals surface area contributed by atoms with E-state index in [0.717, 1.165) is 5.56 Å². The lowest BCUT2D eigenvalue weighted by molar-refractivity contribution is -0.00494. The molecule has 1 rings (SSSR count). The fourth-order valence-electron chi connectivity index (χ4n) is 1.10. The van der Waals surface area contributed by atoms with E-state index < -0.39 is 6.23 Å². The van der Waals surface area contributed by atoms with Crippen molar-refractivity contribution in [3.8, 4) is 0 Å². The number of aliphatic hydroxyl groups is 1. The molecule has 0 amide bonds. The van der Waals surface area contributed by atoms with Gasteiger partial charge in [-0.2, -0.15) is 0 Å². The summed E-state index contributed by atoms with van der Waals surface area (Å²) in [6.07, 6.45) is 1.02. The highest BCUT2D eigenvalue weighted by molar-refractivity contribution is 5.08. The number of pyridine rings is 1. The molecule has 1 N–H and O–H groups in total. The number of hydrogen-bond acceptors (Lipinski definition) is 3. The number of aryl methyl sites for hydroxylation is 1. The van der Waals surface area contributed by atoms with Crippen molar-refractivity contribution in [2.45, 2.75) is 13.2 Å². The summed E-state index contributed by atoms with van der Waals surface area (Å²) in [5.74, 6) is 0. The van der Waals surface area contributed by atoms with E-state index >= 15 is 0 Å². The van der Waals surface area contributed by atoms with Crippen molar-refractivity contribution in [2.75, 3.05) is 13.7 Å². The fraction of sp³-hybridized carbons (Fsp3) is 0.444. The van der Waals surface area contributed by atoms with E-state index in [4.69, 9.17) is 9.84 Å². The molecule has 1 atom stereocenters. The fourth-order valence-corrected chi connectivity index (χ4v) is 1.10. The number of aromatic nitrogens is 1. The SMILES string of the molecule is COC(CO)n1ccc(C)cc1=O. The molecule has 72 valence electrons. The zero-order valence-corrected chi connectivity index (χ0v) is 7.73. The molecule has 0 aliphatic carbocycles. The first-order chi connectivity index (χ1) is 6.19. The van der Waals surface area contributed by atoms with Crippen molar-refractivity contribution in [2.24, 2.45) is 0 Å². The van der Waals surface area contributed by atoms with Crippen LogP contribution in [-0.2, 0) is 4.74 Å². The highest BCUT2D eigenvalue weighted by Gasteiger charge is 2.08. The third kappa shape index (κ3) is 2.17. The van der Waals surface area contributed by atoms with Crippen molar-refractivity contribution in [3.63, 3.8) is 0 Å².